The van der Waals surface area contributed by atoms with Crippen LogP contribution in [0.1, 0.15) is 39.2 Å². The highest BCUT2D eigenvalue weighted by Crippen LogP contribution is 2.21. The van der Waals surface area contributed by atoms with Crippen molar-refractivity contribution in [3.8, 4) is 0 Å². The van der Waals surface area contributed by atoms with Gasteiger partial charge in [0.2, 0.25) is 0 Å². The predicted octanol–water partition coefficient (Wildman–Crippen LogP) is 3.58. The van der Waals surface area contributed by atoms with Gasteiger partial charge in [-0.2, -0.15) is 0 Å². The zero-order valence-corrected chi connectivity index (χ0v) is 14.0. The van der Waals surface area contributed by atoms with Gasteiger partial charge in [-0.1, -0.05) is 51.1 Å². The molecule has 2 heteroatoms. The van der Waals surface area contributed by atoms with E-state index in [1.807, 2.05) is 0 Å². The van der Waals surface area contributed by atoms with E-state index in [-0.39, 0.29) is 0 Å². The number of likely N-dealkylation sites (tertiary alicyclic amines) is 1. The molecule has 2 atom stereocenters. The van der Waals surface area contributed by atoms with E-state index in [2.05, 4.69) is 61.3 Å². The smallest absolute Gasteiger partial charge is 0.0198 e. The highest BCUT2D eigenvalue weighted by atomic mass is 15.2. The fourth-order valence-corrected chi connectivity index (χ4v) is 3.38. The number of rotatable bonds is 7. The molecule has 2 rings (SSSR count). The molecule has 1 saturated heterocycles. The molecule has 118 valence electrons. The molecule has 1 aromatic rings. The third kappa shape index (κ3) is 5.80. The van der Waals surface area contributed by atoms with Gasteiger partial charge in [-0.15, -0.1) is 0 Å². The van der Waals surface area contributed by atoms with E-state index < -0.39 is 0 Å². The van der Waals surface area contributed by atoms with E-state index in [9.17, 15) is 0 Å². The molecule has 2 nitrogen and oxygen atoms in total. The lowest BCUT2D eigenvalue weighted by atomic mass is 9.88. The molecule has 0 spiro atoms. The third-order valence-corrected chi connectivity index (χ3v) is 4.58. The first-order valence-electron chi connectivity index (χ1n) is 8.67. The number of likely N-dealkylation sites (N-methyl/N-ethyl adjacent to an activating group) is 1. The number of hydrogen-bond acceptors (Lipinski definition) is 2. The molecule has 0 bridgehead atoms. The summed E-state index contributed by atoms with van der Waals surface area (Å²) in [6, 6.07) is 11.6. The molecule has 1 aromatic carbocycles. The molecule has 1 heterocycles. The van der Waals surface area contributed by atoms with Crippen LogP contribution in [0.3, 0.4) is 0 Å². The standard InChI is InChI=1S/C19H32N2/c1-4-21-14-18(12-17-8-6-5-7-9-17)13-19(15-21)20-11-10-16(2)3/h5-9,16,18-20H,4,10-15H2,1-3H3. The minimum Gasteiger partial charge on any atom is -0.313 e. The molecule has 0 radical (unpaired) electrons. The Hall–Kier alpha value is -0.860. The van der Waals surface area contributed by atoms with Gasteiger partial charge in [0.25, 0.3) is 0 Å². The predicted molar refractivity (Wildman–Crippen MR) is 91.6 cm³/mol. The first-order valence-corrected chi connectivity index (χ1v) is 8.67. The Bertz CT molecular complexity index is 388. The number of benzene rings is 1. The van der Waals surface area contributed by atoms with Crippen LogP contribution in [-0.4, -0.2) is 37.1 Å². The lowest BCUT2D eigenvalue weighted by Gasteiger charge is -2.38. The minimum atomic E-state index is 0.672. The van der Waals surface area contributed by atoms with E-state index >= 15 is 0 Å². The lowest BCUT2D eigenvalue weighted by molar-refractivity contribution is 0.146. The first kappa shape index (κ1) is 16.5. The Kier molecular flexibility index (Phi) is 6.72. The monoisotopic (exact) mass is 288 g/mol. The summed E-state index contributed by atoms with van der Waals surface area (Å²) in [5, 5.41) is 3.79. The average Bonchev–Trinajstić information content (AvgIpc) is 2.47. The van der Waals surface area contributed by atoms with Crippen LogP contribution in [0, 0.1) is 11.8 Å². The van der Waals surface area contributed by atoms with Crippen molar-refractivity contribution in [2.75, 3.05) is 26.2 Å². The van der Waals surface area contributed by atoms with Crippen LogP contribution >= 0.6 is 0 Å². The zero-order valence-electron chi connectivity index (χ0n) is 14.0. The van der Waals surface area contributed by atoms with E-state index in [1.54, 1.807) is 0 Å². The molecule has 0 aromatic heterocycles. The summed E-state index contributed by atoms with van der Waals surface area (Å²) in [5.41, 5.74) is 1.49. The Morgan fingerprint density at radius 2 is 1.95 bits per heavy atom. The third-order valence-electron chi connectivity index (χ3n) is 4.58. The van der Waals surface area contributed by atoms with Crippen LogP contribution < -0.4 is 5.32 Å². The van der Waals surface area contributed by atoms with Gasteiger partial charge in [0.15, 0.2) is 0 Å². The lowest BCUT2D eigenvalue weighted by Crippen LogP contribution is -2.49. The maximum atomic E-state index is 3.79. The summed E-state index contributed by atoms with van der Waals surface area (Å²) in [5.74, 6) is 1.58. The summed E-state index contributed by atoms with van der Waals surface area (Å²) < 4.78 is 0. The van der Waals surface area contributed by atoms with Crippen molar-refractivity contribution in [3.63, 3.8) is 0 Å². The number of nitrogens with zero attached hydrogens (tertiary/aromatic N) is 1. The van der Waals surface area contributed by atoms with Crippen LogP contribution in [0.4, 0.5) is 0 Å². The second kappa shape index (κ2) is 8.55. The van der Waals surface area contributed by atoms with Crippen molar-refractivity contribution < 1.29 is 0 Å². The van der Waals surface area contributed by atoms with E-state index in [4.69, 9.17) is 0 Å². The van der Waals surface area contributed by atoms with Gasteiger partial charge in [-0.25, -0.2) is 0 Å². The summed E-state index contributed by atoms with van der Waals surface area (Å²) in [6.07, 6.45) is 3.83. The van der Waals surface area contributed by atoms with Crippen LogP contribution in [0.15, 0.2) is 30.3 Å². The van der Waals surface area contributed by atoms with E-state index in [0.29, 0.717) is 6.04 Å². The number of hydrogen-bond donors (Lipinski definition) is 1. The average molecular weight is 288 g/mol. The fraction of sp³-hybridized carbons (Fsp3) is 0.684. The van der Waals surface area contributed by atoms with E-state index in [0.717, 1.165) is 18.4 Å². The van der Waals surface area contributed by atoms with Gasteiger partial charge in [-0.3, -0.25) is 0 Å². The quantitative estimate of drug-likeness (QED) is 0.825. The number of nitrogens with one attached hydrogen (secondary N) is 1. The second-order valence-corrected chi connectivity index (χ2v) is 6.98. The molecule has 0 saturated carbocycles. The Balaban J connectivity index is 1.86. The van der Waals surface area contributed by atoms with Gasteiger partial charge in [0.1, 0.15) is 0 Å². The van der Waals surface area contributed by atoms with Gasteiger partial charge in [0.05, 0.1) is 0 Å². The Morgan fingerprint density at radius 1 is 1.19 bits per heavy atom. The summed E-state index contributed by atoms with van der Waals surface area (Å²) >= 11 is 0. The van der Waals surface area contributed by atoms with Gasteiger partial charge in [0, 0.05) is 19.1 Å². The van der Waals surface area contributed by atoms with Crippen LogP contribution in [0.2, 0.25) is 0 Å². The fourth-order valence-electron chi connectivity index (χ4n) is 3.38. The maximum absolute atomic E-state index is 3.79. The molecule has 1 aliphatic rings. The Morgan fingerprint density at radius 3 is 2.62 bits per heavy atom. The van der Waals surface area contributed by atoms with Gasteiger partial charge < -0.3 is 10.2 Å². The van der Waals surface area contributed by atoms with Crippen molar-refractivity contribution in [2.24, 2.45) is 11.8 Å². The van der Waals surface area contributed by atoms with E-state index in [1.165, 1.54) is 44.5 Å². The highest BCUT2D eigenvalue weighted by molar-refractivity contribution is 5.15. The molecular weight excluding hydrogens is 256 g/mol. The first-order chi connectivity index (χ1) is 10.2. The Labute approximate surface area is 130 Å². The molecule has 1 fully saturated rings. The van der Waals surface area contributed by atoms with Crippen molar-refractivity contribution in [1.29, 1.82) is 0 Å². The van der Waals surface area contributed by atoms with Crippen molar-refractivity contribution in [1.82, 2.24) is 10.2 Å². The maximum Gasteiger partial charge on any atom is 0.0198 e. The van der Waals surface area contributed by atoms with Crippen molar-refractivity contribution in [3.05, 3.63) is 35.9 Å². The minimum absolute atomic E-state index is 0.672. The molecule has 0 amide bonds. The van der Waals surface area contributed by atoms with Gasteiger partial charge in [-0.05, 0) is 49.8 Å². The largest absolute Gasteiger partial charge is 0.313 e. The summed E-state index contributed by atoms with van der Waals surface area (Å²) in [7, 11) is 0. The SMILES string of the molecule is CCN1CC(Cc2ccccc2)CC(NCCC(C)C)C1. The van der Waals surface area contributed by atoms with Crippen LogP contribution in [0.5, 0.6) is 0 Å². The molecule has 1 aliphatic heterocycles. The molecule has 0 aliphatic carbocycles. The second-order valence-electron chi connectivity index (χ2n) is 6.98. The molecule has 21 heavy (non-hydrogen) atoms. The van der Waals surface area contributed by atoms with Gasteiger partial charge >= 0.3 is 0 Å². The van der Waals surface area contributed by atoms with Crippen LogP contribution in [0.25, 0.3) is 0 Å². The summed E-state index contributed by atoms with van der Waals surface area (Å²) in [6.45, 7) is 11.7. The topological polar surface area (TPSA) is 15.3 Å². The van der Waals surface area contributed by atoms with Crippen LogP contribution in [-0.2, 0) is 6.42 Å². The molecule has 2 unspecified atom stereocenters. The van der Waals surface area contributed by atoms with Crippen molar-refractivity contribution >= 4 is 0 Å². The van der Waals surface area contributed by atoms with Crippen molar-refractivity contribution in [2.45, 2.75) is 46.1 Å². The molecule has 1 N–H and O–H groups in total. The summed E-state index contributed by atoms with van der Waals surface area (Å²) in [4.78, 5) is 2.62. The molecular formula is C19H32N2. The number of piperidine rings is 1. The highest BCUT2D eigenvalue weighted by Gasteiger charge is 2.26. The normalized spacial score (nSPS) is 23.6. The zero-order chi connectivity index (χ0) is 15.1.